The van der Waals surface area contributed by atoms with E-state index in [1.165, 1.54) is 6.07 Å². The van der Waals surface area contributed by atoms with Gasteiger partial charge in [-0.15, -0.1) is 0 Å². The minimum Gasteiger partial charge on any atom is -0.477 e. The third kappa shape index (κ3) is 3.39. The van der Waals surface area contributed by atoms with Crippen LogP contribution in [-0.2, 0) is 6.54 Å². The van der Waals surface area contributed by atoms with Crippen LogP contribution in [0.15, 0.2) is 30.4 Å². The summed E-state index contributed by atoms with van der Waals surface area (Å²) in [6, 6.07) is 5.57. The highest BCUT2D eigenvalue weighted by atomic mass is 16.4. The second kappa shape index (κ2) is 5.59. The van der Waals surface area contributed by atoms with Crippen molar-refractivity contribution < 1.29 is 9.90 Å². The first-order valence-electron chi connectivity index (χ1n) is 5.83. The highest BCUT2D eigenvalue weighted by Crippen LogP contribution is 2.11. The van der Waals surface area contributed by atoms with E-state index < -0.39 is 5.97 Å². The lowest BCUT2D eigenvalue weighted by molar-refractivity contribution is 0.0690. The van der Waals surface area contributed by atoms with E-state index in [4.69, 9.17) is 5.11 Å². The summed E-state index contributed by atoms with van der Waals surface area (Å²) in [6.45, 7) is 0.625. The molecule has 0 aromatic carbocycles. The molecule has 0 radical (unpaired) electrons. The molecule has 0 spiro atoms. The summed E-state index contributed by atoms with van der Waals surface area (Å²) in [5.41, 5.74) is 0.882. The quantitative estimate of drug-likeness (QED) is 0.779. The van der Waals surface area contributed by atoms with Crippen LogP contribution in [0, 0.1) is 0 Å². The van der Waals surface area contributed by atoms with Crippen LogP contribution in [0.2, 0.25) is 0 Å². The Morgan fingerprint density at radius 3 is 3.06 bits per heavy atom. The Labute approximate surface area is 100 Å². The molecule has 1 aliphatic carbocycles. The molecule has 0 fully saturated rings. The number of pyridine rings is 1. The average Bonchev–Trinajstić information content (AvgIpc) is 2.38. The van der Waals surface area contributed by atoms with Crippen LogP contribution in [0.25, 0.3) is 0 Å². The van der Waals surface area contributed by atoms with Crippen LogP contribution in [0.4, 0.5) is 0 Å². The Morgan fingerprint density at radius 1 is 1.47 bits per heavy atom. The number of aromatic carboxylic acids is 1. The van der Waals surface area contributed by atoms with Crippen molar-refractivity contribution >= 4 is 5.97 Å². The first-order chi connectivity index (χ1) is 8.25. The Kier molecular flexibility index (Phi) is 3.88. The summed E-state index contributed by atoms with van der Waals surface area (Å²) in [4.78, 5) is 14.8. The second-order valence-corrected chi connectivity index (χ2v) is 4.18. The predicted molar refractivity (Wildman–Crippen MR) is 64.8 cm³/mol. The fourth-order valence-electron chi connectivity index (χ4n) is 1.93. The number of carboxylic acid groups (broad SMARTS) is 1. The van der Waals surface area contributed by atoms with Gasteiger partial charge in [-0.25, -0.2) is 9.78 Å². The van der Waals surface area contributed by atoms with Crippen LogP contribution < -0.4 is 5.32 Å². The molecule has 0 saturated carbocycles. The van der Waals surface area contributed by atoms with Gasteiger partial charge in [-0.2, -0.15) is 0 Å². The summed E-state index contributed by atoms with van der Waals surface area (Å²) in [7, 11) is 0. The fraction of sp³-hybridized carbons (Fsp3) is 0.385. The van der Waals surface area contributed by atoms with Crippen molar-refractivity contribution in [2.75, 3.05) is 0 Å². The summed E-state index contributed by atoms with van der Waals surface area (Å²) in [5, 5.41) is 12.2. The van der Waals surface area contributed by atoms with Gasteiger partial charge >= 0.3 is 5.97 Å². The third-order valence-corrected chi connectivity index (χ3v) is 2.87. The van der Waals surface area contributed by atoms with Crippen LogP contribution >= 0.6 is 0 Å². The van der Waals surface area contributed by atoms with Crippen molar-refractivity contribution in [3.8, 4) is 0 Å². The number of carbonyl (C=O) groups is 1. The van der Waals surface area contributed by atoms with Crippen LogP contribution in [0.3, 0.4) is 0 Å². The van der Waals surface area contributed by atoms with E-state index in [0.717, 1.165) is 25.0 Å². The van der Waals surface area contributed by atoms with Gasteiger partial charge in [0.2, 0.25) is 0 Å². The van der Waals surface area contributed by atoms with Gasteiger partial charge < -0.3 is 10.4 Å². The van der Waals surface area contributed by atoms with Crippen molar-refractivity contribution in [1.82, 2.24) is 10.3 Å². The first-order valence-corrected chi connectivity index (χ1v) is 5.83. The normalized spacial score (nSPS) is 19.2. The van der Waals surface area contributed by atoms with Gasteiger partial charge in [0, 0.05) is 12.6 Å². The molecule has 2 N–H and O–H groups in total. The molecule has 1 atom stereocenters. The van der Waals surface area contributed by atoms with Crippen LogP contribution in [-0.4, -0.2) is 22.1 Å². The van der Waals surface area contributed by atoms with E-state index in [2.05, 4.69) is 22.5 Å². The number of nitrogens with one attached hydrogen (secondary N) is 1. The van der Waals surface area contributed by atoms with E-state index in [1.54, 1.807) is 6.07 Å². The zero-order valence-corrected chi connectivity index (χ0v) is 9.60. The summed E-state index contributed by atoms with van der Waals surface area (Å²) in [5.74, 6) is -0.979. The van der Waals surface area contributed by atoms with Crippen molar-refractivity contribution in [1.29, 1.82) is 0 Å². The van der Waals surface area contributed by atoms with Gasteiger partial charge in [-0.3, -0.25) is 0 Å². The lowest BCUT2D eigenvalue weighted by Gasteiger charge is -2.19. The Balaban J connectivity index is 1.92. The number of hydrogen-bond acceptors (Lipinski definition) is 3. The van der Waals surface area contributed by atoms with E-state index >= 15 is 0 Å². The molecule has 1 heterocycles. The maximum atomic E-state index is 10.8. The van der Waals surface area contributed by atoms with Crippen molar-refractivity contribution in [2.45, 2.75) is 31.8 Å². The highest BCUT2D eigenvalue weighted by molar-refractivity contribution is 5.85. The molecule has 0 amide bonds. The maximum absolute atomic E-state index is 10.8. The second-order valence-electron chi connectivity index (χ2n) is 4.18. The van der Waals surface area contributed by atoms with Gasteiger partial charge in [0.1, 0.15) is 5.69 Å². The zero-order chi connectivity index (χ0) is 12.1. The Morgan fingerprint density at radius 2 is 2.35 bits per heavy atom. The third-order valence-electron chi connectivity index (χ3n) is 2.87. The largest absolute Gasteiger partial charge is 0.477 e. The van der Waals surface area contributed by atoms with Gasteiger partial charge in [-0.1, -0.05) is 18.2 Å². The molecule has 0 aliphatic heterocycles. The van der Waals surface area contributed by atoms with Gasteiger partial charge in [0.25, 0.3) is 0 Å². The summed E-state index contributed by atoms with van der Waals surface area (Å²) >= 11 is 0. The first kappa shape index (κ1) is 11.8. The predicted octanol–water partition coefficient (Wildman–Crippen LogP) is 1.98. The van der Waals surface area contributed by atoms with Gasteiger partial charge in [-0.05, 0) is 31.4 Å². The van der Waals surface area contributed by atoms with Crippen LogP contribution in [0.1, 0.15) is 35.4 Å². The van der Waals surface area contributed by atoms with E-state index in [0.29, 0.717) is 12.6 Å². The molecule has 4 heteroatoms. The molecule has 17 heavy (non-hydrogen) atoms. The number of allylic oxidation sites excluding steroid dienone is 1. The molecular weight excluding hydrogens is 216 g/mol. The zero-order valence-electron chi connectivity index (χ0n) is 9.60. The minimum absolute atomic E-state index is 0.104. The van der Waals surface area contributed by atoms with Crippen LogP contribution in [0.5, 0.6) is 0 Å². The number of nitrogens with zero attached hydrogens (tertiary/aromatic N) is 1. The molecule has 90 valence electrons. The molecule has 0 saturated heterocycles. The lowest BCUT2D eigenvalue weighted by atomic mass is 10.0. The Bertz CT molecular complexity index is 429. The summed E-state index contributed by atoms with van der Waals surface area (Å²) in [6.07, 6.45) is 7.66. The smallest absolute Gasteiger partial charge is 0.354 e. The topological polar surface area (TPSA) is 62.2 Å². The summed E-state index contributed by atoms with van der Waals surface area (Å²) < 4.78 is 0. The average molecular weight is 232 g/mol. The standard InChI is InChI=1S/C13H16N2O2/c16-13(17)12-8-4-7-11(15-12)9-14-10-5-2-1-3-6-10/h1-2,4,7-8,10,14H,3,5-6,9H2,(H,16,17). The molecule has 2 rings (SSSR count). The monoisotopic (exact) mass is 232 g/mol. The van der Waals surface area contributed by atoms with E-state index in [1.807, 2.05) is 6.07 Å². The fourth-order valence-corrected chi connectivity index (χ4v) is 1.93. The van der Waals surface area contributed by atoms with Crippen molar-refractivity contribution in [3.05, 3.63) is 41.7 Å². The molecule has 1 aromatic heterocycles. The maximum Gasteiger partial charge on any atom is 0.354 e. The number of carboxylic acids is 1. The molecule has 1 aliphatic rings. The molecule has 1 aromatic rings. The Hall–Kier alpha value is -1.68. The van der Waals surface area contributed by atoms with Crippen molar-refractivity contribution in [3.63, 3.8) is 0 Å². The number of aromatic nitrogens is 1. The molecule has 4 nitrogen and oxygen atoms in total. The lowest BCUT2D eigenvalue weighted by Crippen LogP contribution is -2.29. The van der Waals surface area contributed by atoms with Crippen molar-refractivity contribution in [2.24, 2.45) is 0 Å². The van der Waals surface area contributed by atoms with Gasteiger partial charge in [0.15, 0.2) is 0 Å². The van der Waals surface area contributed by atoms with Gasteiger partial charge in [0.05, 0.1) is 5.69 Å². The molecular formula is C13H16N2O2. The number of rotatable bonds is 4. The highest BCUT2D eigenvalue weighted by Gasteiger charge is 2.10. The number of hydrogen-bond donors (Lipinski definition) is 2. The SMILES string of the molecule is O=C(O)c1cccc(CNC2CC=CCC2)n1. The van der Waals surface area contributed by atoms with E-state index in [9.17, 15) is 4.79 Å². The van der Waals surface area contributed by atoms with E-state index in [-0.39, 0.29) is 5.69 Å². The minimum atomic E-state index is -0.979. The molecule has 0 bridgehead atoms. The molecule has 1 unspecified atom stereocenters.